The molecular weight excluding hydrogens is 406 g/mol. The van der Waals surface area contributed by atoms with Gasteiger partial charge < -0.3 is 4.84 Å². The van der Waals surface area contributed by atoms with Gasteiger partial charge in [0.1, 0.15) is 11.8 Å². The van der Waals surface area contributed by atoms with Gasteiger partial charge in [0.05, 0.1) is 12.1 Å². The Kier molecular flexibility index (Phi) is 6.14. The van der Waals surface area contributed by atoms with Crippen LogP contribution >= 0.6 is 0 Å². The van der Waals surface area contributed by atoms with Gasteiger partial charge in [-0.3, -0.25) is 4.79 Å². The first-order valence-corrected chi connectivity index (χ1v) is 11.2. The summed E-state index contributed by atoms with van der Waals surface area (Å²) in [6.07, 6.45) is 0.559. The summed E-state index contributed by atoms with van der Waals surface area (Å²) >= 11 is 0. The minimum atomic E-state index is -0.294. The van der Waals surface area contributed by atoms with E-state index in [-0.39, 0.29) is 11.8 Å². The van der Waals surface area contributed by atoms with E-state index in [1.807, 2.05) is 90.0 Å². The molecule has 5 rings (SSSR count). The maximum atomic E-state index is 13.9. The monoisotopic (exact) mass is 431 g/mol. The fraction of sp³-hybridized carbons (Fsp3) is 0.100. The van der Waals surface area contributed by atoms with Crippen molar-refractivity contribution in [3.05, 3.63) is 155 Å². The first-order chi connectivity index (χ1) is 16.3. The van der Waals surface area contributed by atoms with Crippen LogP contribution in [0.15, 0.2) is 133 Å². The van der Waals surface area contributed by atoms with Crippen molar-refractivity contribution in [2.75, 3.05) is 0 Å². The fourth-order valence-corrected chi connectivity index (χ4v) is 4.30. The molecule has 0 saturated carbocycles. The fourth-order valence-electron chi connectivity index (χ4n) is 4.30. The number of Topliss-reactive ketones (excluding diaryl/α,β-unsaturated/α-hetero) is 1. The molecule has 0 fully saturated rings. The summed E-state index contributed by atoms with van der Waals surface area (Å²) in [4.78, 5) is 20.3. The summed E-state index contributed by atoms with van der Waals surface area (Å²) in [6.45, 7) is 0.574. The predicted molar refractivity (Wildman–Crippen MR) is 130 cm³/mol. The van der Waals surface area contributed by atoms with Gasteiger partial charge in [-0.15, -0.1) is 5.06 Å². The summed E-state index contributed by atoms with van der Waals surface area (Å²) in [7, 11) is 0. The number of carbonyl (C=O) groups is 1. The number of allylic oxidation sites excluding steroid dienone is 1. The number of ketones is 1. The van der Waals surface area contributed by atoms with E-state index >= 15 is 0 Å². The molecule has 3 nitrogen and oxygen atoms in total. The zero-order chi connectivity index (χ0) is 22.5. The molecule has 1 heterocycles. The third-order valence-electron chi connectivity index (χ3n) is 5.87. The van der Waals surface area contributed by atoms with Gasteiger partial charge in [0.15, 0.2) is 5.78 Å². The van der Waals surface area contributed by atoms with Crippen molar-refractivity contribution in [2.24, 2.45) is 0 Å². The van der Waals surface area contributed by atoms with E-state index in [0.29, 0.717) is 29.9 Å². The molecule has 0 aliphatic carbocycles. The molecule has 1 aliphatic rings. The Morgan fingerprint density at radius 1 is 0.667 bits per heavy atom. The highest BCUT2D eigenvalue weighted by atomic mass is 16.7. The van der Waals surface area contributed by atoms with Crippen LogP contribution in [0.5, 0.6) is 0 Å². The largest absolute Gasteiger partial charge is 0.408 e. The van der Waals surface area contributed by atoms with Crippen LogP contribution in [0.3, 0.4) is 0 Å². The Morgan fingerprint density at radius 2 is 1.18 bits per heavy atom. The summed E-state index contributed by atoms with van der Waals surface area (Å²) in [5, 5.41) is 1.94. The van der Waals surface area contributed by atoms with Gasteiger partial charge in [0, 0.05) is 12.0 Å². The second-order valence-electron chi connectivity index (χ2n) is 8.16. The van der Waals surface area contributed by atoms with Crippen molar-refractivity contribution in [3.8, 4) is 0 Å². The second-order valence-corrected chi connectivity index (χ2v) is 8.16. The highest BCUT2D eigenvalue weighted by Gasteiger charge is 2.40. The Bertz CT molecular complexity index is 1240. The Labute approximate surface area is 194 Å². The lowest BCUT2D eigenvalue weighted by Crippen LogP contribution is -2.25. The maximum Gasteiger partial charge on any atom is 0.194 e. The van der Waals surface area contributed by atoms with Gasteiger partial charge in [-0.2, -0.15) is 0 Å². The summed E-state index contributed by atoms with van der Waals surface area (Å²) < 4.78 is 0. The number of rotatable bonds is 7. The molecule has 162 valence electrons. The summed E-state index contributed by atoms with van der Waals surface area (Å²) in [5.74, 6) is 0.714. The molecule has 1 atom stereocenters. The van der Waals surface area contributed by atoms with Gasteiger partial charge in [0.2, 0.25) is 0 Å². The van der Waals surface area contributed by atoms with E-state index in [2.05, 4.69) is 36.4 Å². The van der Waals surface area contributed by atoms with Crippen LogP contribution in [0.25, 0.3) is 0 Å². The van der Waals surface area contributed by atoms with E-state index in [1.165, 1.54) is 0 Å². The van der Waals surface area contributed by atoms with Crippen molar-refractivity contribution in [2.45, 2.75) is 19.0 Å². The number of hydroxylamine groups is 2. The molecule has 33 heavy (non-hydrogen) atoms. The lowest BCUT2D eigenvalue weighted by Gasteiger charge is -2.25. The highest BCUT2D eigenvalue weighted by Crippen LogP contribution is 2.41. The molecule has 1 aliphatic heterocycles. The molecule has 3 heteroatoms. The molecule has 0 aromatic heterocycles. The maximum absolute atomic E-state index is 13.9. The van der Waals surface area contributed by atoms with E-state index in [4.69, 9.17) is 4.84 Å². The predicted octanol–water partition coefficient (Wildman–Crippen LogP) is 6.55. The molecule has 4 aromatic carbocycles. The minimum Gasteiger partial charge on any atom is -0.408 e. The summed E-state index contributed by atoms with van der Waals surface area (Å²) in [6, 6.07) is 39.7. The van der Waals surface area contributed by atoms with E-state index in [1.54, 1.807) is 0 Å². The molecular formula is C30H25NO2. The Hall–Kier alpha value is -3.95. The van der Waals surface area contributed by atoms with Crippen molar-refractivity contribution >= 4 is 5.78 Å². The number of hydrogen-bond acceptors (Lipinski definition) is 3. The van der Waals surface area contributed by atoms with Crippen LogP contribution < -0.4 is 0 Å². The number of benzene rings is 4. The minimum absolute atomic E-state index is 0.00551. The smallest absolute Gasteiger partial charge is 0.194 e. The third-order valence-corrected chi connectivity index (χ3v) is 5.87. The Balaban J connectivity index is 1.61. The van der Waals surface area contributed by atoms with Crippen LogP contribution in [0.4, 0.5) is 0 Å². The average molecular weight is 432 g/mol. The van der Waals surface area contributed by atoms with Gasteiger partial charge >= 0.3 is 0 Å². The van der Waals surface area contributed by atoms with Gasteiger partial charge in [0.25, 0.3) is 0 Å². The number of carbonyl (C=O) groups excluding carboxylic acids is 1. The lowest BCUT2D eigenvalue weighted by molar-refractivity contribution is -0.128. The topological polar surface area (TPSA) is 29.5 Å². The number of nitrogens with zero attached hydrogens (tertiary/aromatic N) is 1. The number of hydrogen-bond donors (Lipinski definition) is 0. The molecule has 0 bridgehead atoms. The van der Waals surface area contributed by atoms with Gasteiger partial charge in [-0.25, -0.2) is 0 Å². The van der Waals surface area contributed by atoms with E-state index < -0.39 is 0 Å². The molecule has 4 aromatic rings. The SMILES string of the molecule is O=C(C1=C(Cc2ccccc2)ON(Cc2ccccc2)C1c1ccccc1)c1ccccc1. The quantitative estimate of drug-likeness (QED) is 0.311. The third kappa shape index (κ3) is 4.64. The van der Waals surface area contributed by atoms with Crippen LogP contribution in [-0.2, 0) is 17.8 Å². The van der Waals surface area contributed by atoms with Crippen molar-refractivity contribution in [1.82, 2.24) is 5.06 Å². The average Bonchev–Trinajstić information content (AvgIpc) is 3.23. The zero-order valence-corrected chi connectivity index (χ0v) is 18.3. The van der Waals surface area contributed by atoms with Crippen LogP contribution in [0.2, 0.25) is 0 Å². The van der Waals surface area contributed by atoms with Crippen LogP contribution in [-0.4, -0.2) is 10.8 Å². The first-order valence-electron chi connectivity index (χ1n) is 11.2. The van der Waals surface area contributed by atoms with Crippen LogP contribution in [0, 0.1) is 0 Å². The molecule has 0 radical (unpaired) electrons. The molecule has 0 spiro atoms. The van der Waals surface area contributed by atoms with E-state index in [0.717, 1.165) is 16.7 Å². The van der Waals surface area contributed by atoms with E-state index in [9.17, 15) is 4.79 Å². The Morgan fingerprint density at radius 3 is 1.79 bits per heavy atom. The molecule has 0 N–H and O–H groups in total. The summed E-state index contributed by atoms with van der Waals surface area (Å²) in [5.41, 5.74) is 4.65. The normalized spacial score (nSPS) is 15.9. The van der Waals surface area contributed by atoms with Gasteiger partial charge in [-0.05, 0) is 16.7 Å². The molecule has 0 amide bonds. The lowest BCUT2D eigenvalue weighted by atomic mass is 9.90. The van der Waals surface area contributed by atoms with Crippen molar-refractivity contribution in [3.63, 3.8) is 0 Å². The molecule has 0 saturated heterocycles. The van der Waals surface area contributed by atoms with Gasteiger partial charge in [-0.1, -0.05) is 121 Å². The van der Waals surface area contributed by atoms with Crippen molar-refractivity contribution < 1.29 is 9.63 Å². The highest BCUT2D eigenvalue weighted by molar-refractivity contribution is 6.10. The zero-order valence-electron chi connectivity index (χ0n) is 18.3. The van der Waals surface area contributed by atoms with Crippen molar-refractivity contribution in [1.29, 1.82) is 0 Å². The standard InChI is InChI=1S/C30H25NO2/c32-30(26-19-11-4-12-20-26)28-27(21-23-13-5-1-6-14-23)33-31(22-24-15-7-2-8-16-24)29(28)25-17-9-3-10-18-25/h1-20,29H,21-22H2. The van der Waals surface area contributed by atoms with Crippen LogP contribution in [0.1, 0.15) is 33.1 Å². The molecule has 1 unspecified atom stereocenters. The first kappa shape index (κ1) is 20.9. The second kappa shape index (κ2) is 9.68.